The number of halogens is 1. The van der Waals surface area contributed by atoms with Crippen molar-refractivity contribution in [3.05, 3.63) is 107 Å². The van der Waals surface area contributed by atoms with Gasteiger partial charge in [0, 0.05) is 36.0 Å². The van der Waals surface area contributed by atoms with Crippen molar-refractivity contribution in [1.29, 1.82) is 0 Å². The van der Waals surface area contributed by atoms with E-state index < -0.39 is 0 Å². The zero-order chi connectivity index (χ0) is 20.7. The van der Waals surface area contributed by atoms with E-state index in [1.165, 1.54) is 5.57 Å². The maximum atomic E-state index is 13.8. The summed E-state index contributed by atoms with van der Waals surface area (Å²) >= 11 is 0. The van der Waals surface area contributed by atoms with Gasteiger partial charge in [0.2, 0.25) is 0 Å². The van der Waals surface area contributed by atoms with Crippen molar-refractivity contribution in [2.24, 2.45) is 5.92 Å². The molecule has 0 saturated carbocycles. The van der Waals surface area contributed by atoms with Crippen LogP contribution in [-0.4, -0.2) is 6.54 Å². The Hall–Kier alpha value is -2.81. The lowest BCUT2D eigenvalue weighted by atomic mass is 9.83. The summed E-state index contributed by atoms with van der Waals surface area (Å²) in [5.74, 6) is -0.0499. The van der Waals surface area contributed by atoms with Crippen molar-refractivity contribution in [1.82, 2.24) is 10.6 Å². The quantitative estimate of drug-likeness (QED) is 0.458. The van der Waals surface area contributed by atoms with Crippen LogP contribution < -0.4 is 10.6 Å². The van der Waals surface area contributed by atoms with Crippen LogP contribution in [0.5, 0.6) is 0 Å². The Bertz CT molecular complexity index is 855. The Morgan fingerprint density at radius 1 is 1.32 bits per heavy atom. The third-order valence-electron chi connectivity index (χ3n) is 5.13. The average Bonchev–Trinajstić information content (AvgIpc) is 2.71. The fraction of sp³-hybridized carbons (Fsp3) is 0.280. The summed E-state index contributed by atoms with van der Waals surface area (Å²) in [7, 11) is 0. The smallest absolute Gasteiger partial charge is 0.126 e. The number of hydrogen-bond acceptors (Lipinski definition) is 2. The van der Waals surface area contributed by atoms with E-state index in [1.54, 1.807) is 19.1 Å². The van der Waals surface area contributed by atoms with Gasteiger partial charge in [-0.05, 0) is 50.0 Å². The van der Waals surface area contributed by atoms with E-state index in [4.69, 9.17) is 0 Å². The monoisotopic (exact) mass is 378 g/mol. The second-order valence-corrected chi connectivity index (χ2v) is 7.08. The topological polar surface area (TPSA) is 24.1 Å². The molecular formula is C25H31FN2. The average molecular weight is 379 g/mol. The van der Waals surface area contributed by atoms with E-state index >= 15 is 0 Å². The molecule has 148 valence electrons. The Morgan fingerprint density at radius 2 is 2.07 bits per heavy atom. The van der Waals surface area contributed by atoms with Gasteiger partial charge >= 0.3 is 0 Å². The van der Waals surface area contributed by atoms with Gasteiger partial charge in [0.15, 0.2) is 0 Å². The summed E-state index contributed by atoms with van der Waals surface area (Å²) in [5, 5.41) is 6.91. The minimum Gasteiger partial charge on any atom is -0.384 e. The Balaban J connectivity index is 2.29. The zero-order valence-electron chi connectivity index (χ0n) is 17.2. The number of allylic oxidation sites excluding steroid dienone is 5. The molecule has 2 N–H and O–H groups in total. The van der Waals surface area contributed by atoms with Gasteiger partial charge in [-0.15, -0.1) is 0 Å². The lowest BCUT2D eigenvalue weighted by Crippen LogP contribution is -2.32. The van der Waals surface area contributed by atoms with Gasteiger partial charge in [-0.3, -0.25) is 0 Å². The summed E-state index contributed by atoms with van der Waals surface area (Å²) < 4.78 is 13.8. The molecule has 3 heteroatoms. The lowest BCUT2D eigenvalue weighted by Gasteiger charge is -2.32. The molecule has 0 bridgehead atoms. The molecule has 1 fully saturated rings. The summed E-state index contributed by atoms with van der Waals surface area (Å²) in [6, 6.07) is 5.30. The summed E-state index contributed by atoms with van der Waals surface area (Å²) in [5.41, 5.74) is 6.78. The highest BCUT2D eigenvalue weighted by Crippen LogP contribution is 2.33. The molecule has 1 aliphatic heterocycles. The predicted octanol–water partition coefficient (Wildman–Crippen LogP) is 5.87. The highest BCUT2D eigenvalue weighted by Gasteiger charge is 2.25. The SMILES string of the molecule is C=CC(=C)C1C/C(=C\C)CN/C1=C(/C=C\C)C(=C)NCc1ccc(C)c(F)c1. The summed E-state index contributed by atoms with van der Waals surface area (Å²) in [6.45, 7) is 19.5. The first-order valence-corrected chi connectivity index (χ1v) is 9.65. The van der Waals surface area contributed by atoms with E-state index in [9.17, 15) is 4.39 Å². The maximum absolute atomic E-state index is 13.8. The van der Waals surface area contributed by atoms with Crippen LogP contribution in [0.4, 0.5) is 4.39 Å². The first kappa shape index (κ1) is 21.5. The number of hydrogen-bond donors (Lipinski definition) is 2. The number of piperidine rings is 1. The van der Waals surface area contributed by atoms with Gasteiger partial charge in [-0.1, -0.05) is 61.7 Å². The molecule has 0 aliphatic carbocycles. The predicted molar refractivity (Wildman–Crippen MR) is 118 cm³/mol. The molecule has 1 saturated heterocycles. The largest absolute Gasteiger partial charge is 0.384 e. The zero-order valence-corrected chi connectivity index (χ0v) is 17.2. The van der Waals surface area contributed by atoms with E-state index in [0.29, 0.717) is 12.1 Å². The number of aryl methyl sites for hydroxylation is 1. The number of nitrogens with one attached hydrogen (secondary N) is 2. The van der Waals surface area contributed by atoms with E-state index in [2.05, 4.69) is 49.4 Å². The van der Waals surface area contributed by atoms with Crippen molar-refractivity contribution in [2.75, 3.05) is 6.54 Å². The fourth-order valence-corrected chi connectivity index (χ4v) is 3.30. The van der Waals surface area contributed by atoms with Crippen molar-refractivity contribution in [3.63, 3.8) is 0 Å². The van der Waals surface area contributed by atoms with Crippen LogP contribution >= 0.6 is 0 Å². The minimum absolute atomic E-state index is 0.138. The molecule has 28 heavy (non-hydrogen) atoms. The van der Waals surface area contributed by atoms with Crippen molar-refractivity contribution >= 4 is 0 Å². The molecule has 1 unspecified atom stereocenters. The standard InChI is InChI=1S/C25H31FN2/c1-7-10-22(19(6)27-16-21-12-11-18(5)24(26)14-21)25-23(17(4)8-2)13-20(9-3)15-28-25/h7-12,14,23,27-28H,2,4,6,13,15-16H2,1,3,5H3/b10-7-,20-9+,25-22-. The van der Waals surface area contributed by atoms with Crippen LogP contribution in [0.1, 0.15) is 31.4 Å². The van der Waals surface area contributed by atoms with Crippen molar-refractivity contribution in [2.45, 2.75) is 33.7 Å². The Morgan fingerprint density at radius 3 is 2.68 bits per heavy atom. The molecule has 0 aromatic heterocycles. The summed E-state index contributed by atoms with van der Waals surface area (Å²) in [6.07, 6.45) is 8.95. The van der Waals surface area contributed by atoms with E-state index in [-0.39, 0.29) is 11.7 Å². The highest BCUT2D eigenvalue weighted by molar-refractivity contribution is 5.46. The normalized spacial score (nSPS) is 20.0. The molecule has 2 rings (SSSR count). The molecule has 0 radical (unpaired) electrons. The molecule has 1 atom stereocenters. The lowest BCUT2D eigenvalue weighted by molar-refractivity contribution is 0.576. The second-order valence-electron chi connectivity index (χ2n) is 7.08. The van der Waals surface area contributed by atoms with Crippen LogP contribution in [0.25, 0.3) is 0 Å². The number of benzene rings is 1. The van der Waals surface area contributed by atoms with Crippen LogP contribution in [0.3, 0.4) is 0 Å². The van der Waals surface area contributed by atoms with E-state index in [1.807, 2.05) is 25.1 Å². The van der Waals surface area contributed by atoms with Crippen LogP contribution in [0.2, 0.25) is 0 Å². The second kappa shape index (κ2) is 9.93. The first-order chi connectivity index (χ1) is 13.4. The molecule has 1 aromatic carbocycles. The van der Waals surface area contributed by atoms with Crippen LogP contribution in [0.15, 0.2) is 90.4 Å². The Labute approximate surface area is 168 Å². The minimum atomic E-state index is -0.188. The third-order valence-corrected chi connectivity index (χ3v) is 5.13. The maximum Gasteiger partial charge on any atom is 0.126 e. The van der Waals surface area contributed by atoms with Gasteiger partial charge in [-0.25, -0.2) is 4.39 Å². The molecule has 0 spiro atoms. The molecule has 1 heterocycles. The van der Waals surface area contributed by atoms with Crippen LogP contribution in [0, 0.1) is 18.7 Å². The van der Waals surface area contributed by atoms with Gasteiger partial charge < -0.3 is 10.6 Å². The third kappa shape index (κ3) is 5.13. The molecule has 1 aliphatic rings. The first-order valence-electron chi connectivity index (χ1n) is 9.65. The number of rotatable bonds is 7. The van der Waals surface area contributed by atoms with Gasteiger partial charge in [-0.2, -0.15) is 0 Å². The Kier molecular flexibility index (Phi) is 7.62. The van der Waals surface area contributed by atoms with Crippen LogP contribution in [-0.2, 0) is 6.54 Å². The van der Waals surface area contributed by atoms with Gasteiger partial charge in [0.25, 0.3) is 0 Å². The summed E-state index contributed by atoms with van der Waals surface area (Å²) in [4.78, 5) is 0. The van der Waals surface area contributed by atoms with Gasteiger partial charge in [0.05, 0.1) is 0 Å². The van der Waals surface area contributed by atoms with E-state index in [0.717, 1.165) is 41.1 Å². The molecule has 0 amide bonds. The molecule has 2 nitrogen and oxygen atoms in total. The van der Waals surface area contributed by atoms with Crippen molar-refractivity contribution in [3.8, 4) is 0 Å². The molecular weight excluding hydrogens is 347 g/mol. The fourth-order valence-electron chi connectivity index (χ4n) is 3.30. The highest BCUT2D eigenvalue weighted by atomic mass is 19.1. The molecule has 1 aromatic rings. The van der Waals surface area contributed by atoms with Crippen molar-refractivity contribution < 1.29 is 4.39 Å². The van der Waals surface area contributed by atoms with Gasteiger partial charge in [0.1, 0.15) is 5.82 Å².